The van der Waals surface area contributed by atoms with Gasteiger partial charge in [-0.05, 0) is 18.6 Å². The first-order chi connectivity index (χ1) is 13.9. The zero-order chi connectivity index (χ0) is 21.1. The lowest BCUT2D eigenvalue weighted by molar-refractivity contribution is -0.125. The van der Waals surface area contributed by atoms with Crippen LogP contribution in [0.2, 0.25) is 0 Å². The van der Waals surface area contributed by atoms with Crippen molar-refractivity contribution in [3.05, 3.63) is 52.6 Å². The topological polar surface area (TPSA) is 100 Å². The number of esters is 2. The van der Waals surface area contributed by atoms with Gasteiger partial charge in [0.25, 0.3) is 5.91 Å². The van der Waals surface area contributed by atoms with Crippen molar-refractivity contribution < 1.29 is 33.3 Å². The van der Waals surface area contributed by atoms with Crippen LogP contribution in [0.5, 0.6) is 11.5 Å². The van der Waals surface area contributed by atoms with Crippen molar-refractivity contribution in [2.45, 2.75) is 19.4 Å². The van der Waals surface area contributed by atoms with Crippen LogP contribution in [0.1, 0.15) is 31.8 Å². The number of hydrogen-bond donors (Lipinski definition) is 1. The van der Waals surface area contributed by atoms with Gasteiger partial charge in [0, 0.05) is 18.6 Å². The number of carbonyl (C=O) groups excluding carboxylic acids is 3. The van der Waals surface area contributed by atoms with Gasteiger partial charge in [-0.3, -0.25) is 4.79 Å². The molecule has 0 fully saturated rings. The van der Waals surface area contributed by atoms with Crippen molar-refractivity contribution in [1.82, 2.24) is 0 Å². The molecule has 0 bridgehead atoms. The maximum Gasteiger partial charge on any atom is 0.340 e. The van der Waals surface area contributed by atoms with E-state index in [1.807, 2.05) is 19.1 Å². The van der Waals surface area contributed by atoms with Crippen LogP contribution in [-0.4, -0.2) is 45.3 Å². The fraction of sp³-hybridized carbons (Fsp3) is 0.286. The number of nitrogens with one attached hydrogen (secondary N) is 1. The lowest BCUT2D eigenvalue weighted by atomic mass is 9.96. The number of fused-ring (bicyclic) bond motifs is 1. The first-order valence-electron chi connectivity index (χ1n) is 8.83. The summed E-state index contributed by atoms with van der Waals surface area (Å²) in [7, 11) is 4.09. The van der Waals surface area contributed by atoms with E-state index in [1.165, 1.54) is 33.5 Å². The molecule has 8 nitrogen and oxygen atoms in total. The Morgan fingerprint density at radius 2 is 1.76 bits per heavy atom. The first kappa shape index (κ1) is 20.2. The number of benzene rings is 2. The van der Waals surface area contributed by atoms with E-state index in [9.17, 15) is 14.4 Å². The van der Waals surface area contributed by atoms with E-state index in [0.29, 0.717) is 17.1 Å². The number of methoxy groups -OCH3 is 3. The summed E-state index contributed by atoms with van der Waals surface area (Å²) in [6.45, 7) is 1.90. The number of ether oxygens (including phenoxy) is 4. The van der Waals surface area contributed by atoms with Crippen molar-refractivity contribution in [2.75, 3.05) is 26.6 Å². The number of carbonyl (C=O) groups is 3. The van der Waals surface area contributed by atoms with Gasteiger partial charge in [-0.1, -0.05) is 17.7 Å². The van der Waals surface area contributed by atoms with Crippen molar-refractivity contribution in [3.63, 3.8) is 0 Å². The number of hydrogen-bond acceptors (Lipinski definition) is 7. The van der Waals surface area contributed by atoms with Gasteiger partial charge in [-0.25, -0.2) is 9.59 Å². The molecule has 1 N–H and O–H groups in total. The Hall–Kier alpha value is -3.55. The van der Waals surface area contributed by atoms with Gasteiger partial charge in [0.05, 0.1) is 38.1 Å². The minimum absolute atomic E-state index is 0.0804. The van der Waals surface area contributed by atoms with Crippen molar-refractivity contribution in [3.8, 4) is 11.5 Å². The highest BCUT2D eigenvalue weighted by molar-refractivity contribution is 6.05. The molecule has 0 spiro atoms. The summed E-state index contributed by atoms with van der Waals surface area (Å²) in [4.78, 5) is 37.2. The van der Waals surface area contributed by atoms with Crippen LogP contribution < -0.4 is 14.8 Å². The monoisotopic (exact) mass is 399 g/mol. The number of amides is 1. The zero-order valence-electron chi connectivity index (χ0n) is 16.5. The average Bonchev–Trinajstić information content (AvgIpc) is 2.72. The third-order valence-electron chi connectivity index (χ3n) is 4.61. The Labute approximate surface area is 167 Å². The second-order valence-electron chi connectivity index (χ2n) is 6.49. The molecule has 1 amide bonds. The molecular weight excluding hydrogens is 378 g/mol. The maximum atomic E-state index is 12.8. The van der Waals surface area contributed by atoms with E-state index in [4.69, 9.17) is 18.9 Å². The van der Waals surface area contributed by atoms with Gasteiger partial charge in [-0.15, -0.1) is 0 Å². The lowest BCUT2D eigenvalue weighted by Gasteiger charge is -2.24. The highest BCUT2D eigenvalue weighted by atomic mass is 16.5. The van der Waals surface area contributed by atoms with Crippen molar-refractivity contribution >= 4 is 23.5 Å². The smallest absolute Gasteiger partial charge is 0.340 e. The molecule has 0 aromatic heterocycles. The molecular formula is C21H21NO7. The van der Waals surface area contributed by atoms with Crippen LogP contribution in [0.15, 0.2) is 30.3 Å². The first-order valence-corrected chi connectivity index (χ1v) is 8.83. The van der Waals surface area contributed by atoms with Gasteiger partial charge >= 0.3 is 11.9 Å². The minimum atomic E-state index is -1.03. The summed E-state index contributed by atoms with van der Waals surface area (Å²) in [5.41, 5.74) is 2.40. The molecule has 8 heteroatoms. The summed E-state index contributed by atoms with van der Waals surface area (Å²) in [5, 5.41) is 2.63. The molecule has 1 heterocycles. The van der Waals surface area contributed by atoms with Gasteiger partial charge in [0.1, 0.15) is 0 Å². The van der Waals surface area contributed by atoms with Crippen LogP contribution in [0.25, 0.3) is 0 Å². The number of rotatable bonds is 5. The number of anilines is 1. The molecule has 2 aromatic carbocycles. The average molecular weight is 399 g/mol. The molecule has 1 unspecified atom stereocenters. The highest BCUT2D eigenvalue weighted by Crippen LogP contribution is 2.34. The summed E-state index contributed by atoms with van der Waals surface area (Å²) in [6, 6.07) is 8.21. The fourth-order valence-corrected chi connectivity index (χ4v) is 3.15. The summed E-state index contributed by atoms with van der Waals surface area (Å²) in [6.07, 6.45) is -0.800. The molecule has 29 heavy (non-hydrogen) atoms. The predicted octanol–water partition coefficient (Wildman–Crippen LogP) is 2.52. The van der Waals surface area contributed by atoms with Crippen LogP contribution in [0.4, 0.5) is 5.69 Å². The van der Waals surface area contributed by atoms with E-state index >= 15 is 0 Å². The van der Waals surface area contributed by atoms with Crippen LogP contribution >= 0.6 is 0 Å². The molecule has 1 aliphatic rings. The molecule has 0 saturated carbocycles. The predicted molar refractivity (Wildman–Crippen MR) is 104 cm³/mol. The molecule has 0 saturated heterocycles. The maximum absolute atomic E-state index is 12.8. The van der Waals surface area contributed by atoms with E-state index in [1.54, 1.807) is 6.07 Å². The Morgan fingerprint density at radius 1 is 1.07 bits per heavy atom. The largest absolute Gasteiger partial charge is 0.493 e. The molecule has 1 aliphatic heterocycles. The molecule has 152 valence electrons. The summed E-state index contributed by atoms with van der Waals surface area (Å²) in [5.74, 6) is -1.17. The van der Waals surface area contributed by atoms with E-state index in [0.717, 1.165) is 11.1 Å². The number of cyclic esters (lactones) is 1. The van der Waals surface area contributed by atoms with Crippen molar-refractivity contribution in [1.29, 1.82) is 0 Å². The molecule has 0 radical (unpaired) electrons. The minimum Gasteiger partial charge on any atom is -0.493 e. The third kappa shape index (κ3) is 4.01. The fourth-order valence-electron chi connectivity index (χ4n) is 3.15. The molecule has 1 atom stereocenters. The normalized spacial score (nSPS) is 15.0. The Balaban J connectivity index is 1.90. The van der Waals surface area contributed by atoms with Gasteiger partial charge in [-0.2, -0.15) is 0 Å². The van der Waals surface area contributed by atoms with Gasteiger partial charge < -0.3 is 24.3 Å². The second kappa shape index (κ2) is 8.22. The van der Waals surface area contributed by atoms with Gasteiger partial charge in [0.2, 0.25) is 0 Å². The van der Waals surface area contributed by atoms with E-state index in [-0.39, 0.29) is 17.7 Å². The summed E-state index contributed by atoms with van der Waals surface area (Å²) >= 11 is 0. The van der Waals surface area contributed by atoms with Gasteiger partial charge in [0.15, 0.2) is 17.6 Å². The van der Waals surface area contributed by atoms with E-state index in [2.05, 4.69) is 5.32 Å². The van der Waals surface area contributed by atoms with Crippen LogP contribution in [0, 0.1) is 6.92 Å². The molecule has 0 aliphatic carbocycles. The number of aryl methyl sites for hydroxylation is 1. The van der Waals surface area contributed by atoms with E-state index < -0.39 is 23.9 Å². The third-order valence-corrected chi connectivity index (χ3v) is 4.61. The standard InChI is InChI=1S/C21H21NO7/c1-11-5-6-13-12(7-11)8-18(29-21(13)25)19(23)22-15-10-17(27-3)16(26-2)9-14(15)20(24)28-4/h5-7,9-10,18H,8H2,1-4H3,(H,22,23). The van der Waals surface area contributed by atoms with Crippen LogP contribution in [-0.2, 0) is 20.7 Å². The van der Waals surface area contributed by atoms with Crippen molar-refractivity contribution in [2.24, 2.45) is 0 Å². The zero-order valence-corrected chi connectivity index (χ0v) is 16.5. The highest BCUT2D eigenvalue weighted by Gasteiger charge is 2.32. The second-order valence-corrected chi connectivity index (χ2v) is 6.49. The molecule has 2 aromatic rings. The lowest BCUT2D eigenvalue weighted by Crippen LogP contribution is -2.38. The Bertz CT molecular complexity index is 983. The quantitative estimate of drug-likeness (QED) is 0.771. The Kier molecular flexibility index (Phi) is 5.72. The SMILES string of the molecule is COC(=O)c1cc(OC)c(OC)cc1NC(=O)C1Cc2cc(C)ccc2C(=O)O1. The van der Waals surface area contributed by atoms with Crippen LogP contribution in [0.3, 0.4) is 0 Å². The summed E-state index contributed by atoms with van der Waals surface area (Å²) < 4.78 is 20.5. The Morgan fingerprint density at radius 3 is 2.41 bits per heavy atom. The molecule has 3 rings (SSSR count).